The first-order valence-electron chi connectivity index (χ1n) is 25.5. The Morgan fingerprint density at radius 1 is 0.284 bits per heavy atom. The van der Waals surface area contributed by atoms with Crippen LogP contribution in [0.5, 0.6) is 0 Å². The maximum Gasteiger partial charge on any atom is 0.238 e. The molecule has 3 heterocycles. The molecule has 13 aromatic rings. The lowest BCUT2D eigenvalue weighted by atomic mass is 9.91. The van der Waals surface area contributed by atoms with Gasteiger partial charge >= 0.3 is 0 Å². The van der Waals surface area contributed by atoms with Crippen LogP contribution < -0.4 is 0 Å². The van der Waals surface area contributed by atoms with Gasteiger partial charge in [-0.05, 0) is 169 Å². The average Bonchev–Trinajstić information content (AvgIpc) is 3.93. The van der Waals surface area contributed by atoms with Gasteiger partial charge in [-0.15, -0.1) is 0 Å². The van der Waals surface area contributed by atoms with Crippen molar-refractivity contribution >= 4 is 43.6 Å². The van der Waals surface area contributed by atoms with Crippen LogP contribution in [0.3, 0.4) is 0 Å². The molecule has 0 bridgehead atoms. The van der Waals surface area contributed by atoms with E-state index in [9.17, 15) is 0 Å². The van der Waals surface area contributed by atoms with Crippen molar-refractivity contribution in [1.29, 1.82) is 0 Å². The first kappa shape index (κ1) is 44.7. The Labute approximate surface area is 431 Å². The van der Waals surface area contributed by atoms with Crippen molar-refractivity contribution < 1.29 is 0 Å². The molecule has 74 heavy (non-hydrogen) atoms. The van der Waals surface area contributed by atoms with Gasteiger partial charge in [0, 0.05) is 32.7 Å². The lowest BCUT2D eigenvalue weighted by Gasteiger charge is -2.16. The van der Waals surface area contributed by atoms with Gasteiger partial charge in [0.25, 0.3) is 0 Å². The van der Waals surface area contributed by atoms with Gasteiger partial charge in [0.05, 0.1) is 27.8 Å². The van der Waals surface area contributed by atoms with Crippen LogP contribution in [0.15, 0.2) is 212 Å². The molecule has 0 saturated heterocycles. The molecule has 3 aromatic heterocycles. The van der Waals surface area contributed by atoms with Gasteiger partial charge in [-0.3, -0.25) is 4.57 Å². The number of hydrogen-bond donors (Lipinski definition) is 0. The second-order valence-electron chi connectivity index (χ2n) is 20.0. The summed E-state index contributed by atoms with van der Waals surface area (Å²) in [6, 6.07) is 76.8. The molecule has 0 N–H and O–H groups in total. The van der Waals surface area contributed by atoms with E-state index in [4.69, 9.17) is 15.0 Å². The number of rotatable bonds is 8. The fourth-order valence-corrected chi connectivity index (χ4v) is 11.9. The lowest BCUT2D eigenvalue weighted by Crippen LogP contribution is -2.08. The Hall–Kier alpha value is -9.19. The number of benzene rings is 10. The van der Waals surface area contributed by atoms with Crippen LogP contribution in [-0.2, 0) is 0 Å². The minimum absolute atomic E-state index is 0.553. The van der Waals surface area contributed by atoms with Crippen LogP contribution >= 0.6 is 0 Å². The Morgan fingerprint density at radius 3 is 1.11 bits per heavy atom. The zero-order chi connectivity index (χ0) is 50.2. The van der Waals surface area contributed by atoms with Crippen LogP contribution in [0, 0.1) is 41.5 Å². The third-order valence-electron chi connectivity index (χ3n) is 14.9. The second kappa shape index (κ2) is 17.8. The topological polar surface area (TPSA) is 48.5 Å². The highest BCUT2D eigenvalue weighted by Crippen LogP contribution is 2.42. The average molecular weight is 952 g/mol. The van der Waals surface area contributed by atoms with Crippen molar-refractivity contribution in [3.8, 4) is 78.9 Å². The quantitative estimate of drug-likeness (QED) is 0.152. The molecule has 10 aromatic carbocycles. The molecule has 0 fully saturated rings. The molecular weight excluding hydrogens is 899 g/mol. The van der Waals surface area contributed by atoms with Gasteiger partial charge in [0.1, 0.15) is 0 Å². The molecule has 354 valence electrons. The van der Waals surface area contributed by atoms with E-state index in [1.807, 2.05) is 18.2 Å². The number of aryl methyl sites for hydroxylation is 6. The molecule has 0 amide bonds. The van der Waals surface area contributed by atoms with E-state index in [1.54, 1.807) is 0 Å². The summed E-state index contributed by atoms with van der Waals surface area (Å²) in [5, 5.41) is 4.62. The minimum Gasteiger partial charge on any atom is -0.309 e. The summed E-state index contributed by atoms with van der Waals surface area (Å²) < 4.78 is 4.64. The summed E-state index contributed by atoms with van der Waals surface area (Å²) in [6.45, 7) is 13.2. The largest absolute Gasteiger partial charge is 0.309 e. The maximum atomic E-state index is 5.57. The summed E-state index contributed by atoms with van der Waals surface area (Å²) >= 11 is 0. The van der Waals surface area contributed by atoms with Gasteiger partial charge < -0.3 is 4.57 Å². The third kappa shape index (κ3) is 7.59. The predicted octanol–water partition coefficient (Wildman–Crippen LogP) is 17.9. The second-order valence-corrected chi connectivity index (χ2v) is 20.0. The highest BCUT2D eigenvalue weighted by atomic mass is 15.2. The molecule has 5 heteroatoms. The lowest BCUT2D eigenvalue weighted by molar-refractivity contribution is 0.951. The maximum absolute atomic E-state index is 5.57. The molecule has 0 unspecified atom stereocenters. The van der Waals surface area contributed by atoms with Crippen LogP contribution in [0.4, 0.5) is 0 Å². The van der Waals surface area contributed by atoms with Crippen molar-refractivity contribution in [3.05, 3.63) is 246 Å². The first-order valence-corrected chi connectivity index (χ1v) is 25.5. The Kier molecular flexibility index (Phi) is 10.8. The summed E-state index contributed by atoms with van der Waals surface area (Å²) in [4.78, 5) is 16.4. The van der Waals surface area contributed by atoms with E-state index in [2.05, 4.69) is 245 Å². The molecule has 13 rings (SSSR count). The van der Waals surface area contributed by atoms with Crippen molar-refractivity contribution in [2.75, 3.05) is 0 Å². The molecular formula is C69H53N5. The van der Waals surface area contributed by atoms with Crippen LogP contribution in [0.2, 0.25) is 0 Å². The van der Waals surface area contributed by atoms with Crippen LogP contribution in [0.25, 0.3) is 123 Å². The number of para-hydroxylation sites is 1. The zero-order valence-corrected chi connectivity index (χ0v) is 42.4. The van der Waals surface area contributed by atoms with Crippen molar-refractivity contribution in [2.24, 2.45) is 0 Å². The van der Waals surface area contributed by atoms with Crippen molar-refractivity contribution in [2.45, 2.75) is 41.5 Å². The Bertz CT molecular complexity index is 4090. The standard InChI is InChI=1S/C69H53N5/c1-42-34-44(3)65(45(4)35-42)53-28-32-63-58(40-53)59-41-54(66-46(5)36-43(2)37-47(66)6)29-33-64(59)74(63)69-71-67(50-22-14-9-15-23-50)70-68(72-69)55-24-16-17-25-60(55)73-61-30-26-51(48-18-10-7-11-19-48)38-56(61)57-39-52(27-31-62(57)73)49-20-12-8-13-21-49/h7-41H,1-6H3. The number of aromatic nitrogens is 5. The fourth-order valence-electron chi connectivity index (χ4n) is 11.9. The van der Waals surface area contributed by atoms with E-state index >= 15 is 0 Å². The van der Waals surface area contributed by atoms with Gasteiger partial charge in [0.15, 0.2) is 11.6 Å². The minimum atomic E-state index is 0.553. The van der Waals surface area contributed by atoms with Gasteiger partial charge in [-0.2, -0.15) is 9.97 Å². The van der Waals surface area contributed by atoms with Crippen molar-refractivity contribution in [3.63, 3.8) is 0 Å². The van der Waals surface area contributed by atoms with Gasteiger partial charge in [-0.1, -0.05) is 163 Å². The Morgan fingerprint density at radius 2 is 0.649 bits per heavy atom. The van der Waals surface area contributed by atoms with Crippen LogP contribution in [-0.4, -0.2) is 24.1 Å². The van der Waals surface area contributed by atoms with Crippen molar-refractivity contribution in [1.82, 2.24) is 24.1 Å². The summed E-state index contributed by atoms with van der Waals surface area (Å²) in [6.07, 6.45) is 0. The number of fused-ring (bicyclic) bond motifs is 6. The third-order valence-corrected chi connectivity index (χ3v) is 14.9. The molecule has 0 aliphatic heterocycles. The van der Waals surface area contributed by atoms with Gasteiger partial charge in [-0.25, -0.2) is 4.98 Å². The molecule has 0 spiro atoms. The molecule has 0 saturated carbocycles. The van der Waals surface area contributed by atoms with E-state index in [0.29, 0.717) is 17.6 Å². The molecule has 5 nitrogen and oxygen atoms in total. The first-order chi connectivity index (χ1) is 36.1. The summed E-state index contributed by atoms with van der Waals surface area (Å²) in [7, 11) is 0. The normalized spacial score (nSPS) is 11.6. The van der Waals surface area contributed by atoms with Crippen LogP contribution in [0.1, 0.15) is 33.4 Å². The number of hydrogen-bond acceptors (Lipinski definition) is 3. The van der Waals surface area contributed by atoms with E-state index in [-0.39, 0.29) is 0 Å². The zero-order valence-electron chi connectivity index (χ0n) is 42.4. The highest BCUT2D eigenvalue weighted by Gasteiger charge is 2.23. The van der Waals surface area contributed by atoms with E-state index < -0.39 is 0 Å². The molecule has 0 aliphatic carbocycles. The molecule has 0 atom stereocenters. The Balaban J connectivity index is 1.06. The van der Waals surface area contributed by atoms with Gasteiger partial charge in [0.2, 0.25) is 5.95 Å². The predicted molar refractivity (Wildman–Crippen MR) is 310 cm³/mol. The number of nitrogens with zero attached hydrogens (tertiary/aromatic N) is 5. The highest BCUT2D eigenvalue weighted by molar-refractivity contribution is 6.13. The van der Waals surface area contributed by atoms with E-state index in [1.165, 1.54) is 88.7 Å². The monoisotopic (exact) mass is 951 g/mol. The fraction of sp³-hybridized carbons (Fsp3) is 0.0870. The summed E-state index contributed by atoms with van der Waals surface area (Å²) in [5.41, 5.74) is 24.2. The summed E-state index contributed by atoms with van der Waals surface area (Å²) in [5.74, 6) is 1.74. The molecule has 0 radical (unpaired) electrons. The molecule has 0 aliphatic rings. The van der Waals surface area contributed by atoms with E-state index in [0.717, 1.165) is 49.7 Å². The smallest absolute Gasteiger partial charge is 0.238 e. The SMILES string of the molecule is Cc1cc(C)c(-c2ccc3c(c2)c2cc(-c4c(C)cc(C)cc4C)ccc2n3-c2nc(-c3ccccc3)nc(-c3ccccc3-n3c4ccc(-c5ccccc5)cc4c4cc(-c5ccccc5)ccc43)n2)c(C)c1.